The first kappa shape index (κ1) is 10.6. The molecular weight excluding hydrogens is 197 g/mol. The zero-order valence-electron chi connectivity index (χ0n) is 6.80. The smallest absolute Gasteiger partial charge is 0 e. The fourth-order valence-corrected chi connectivity index (χ4v) is 1.17. The summed E-state index contributed by atoms with van der Waals surface area (Å²) in [6, 6.07) is 0. The molecule has 0 unspecified atom stereocenters. The Morgan fingerprint density at radius 2 is 2.20 bits per heavy atom. The van der Waals surface area contributed by atoms with Gasteiger partial charge in [-0.2, -0.15) is 0 Å². The molecule has 0 amide bonds. The molecule has 0 atom stereocenters. The normalized spacial score (nSPS) is 15.3. The van der Waals surface area contributed by atoms with Gasteiger partial charge in [0.05, 0.1) is 0 Å². The molecule has 0 heterocycles. The number of hydrogen-bond acceptors (Lipinski definition) is 0. The zero-order valence-corrected chi connectivity index (χ0v) is 9.64. The van der Waals surface area contributed by atoms with Crippen molar-refractivity contribution in [2.24, 2.45) is 5.92 Å². The van der Waals surface area contributed by atoms with Crippen LogP contribution in [0.3, 0.4) is 0 Å². The molecule has 53 valence electrons. The third-order valence-electron chi connectivity index (χ3n) is 1.52. The Bertz CT molecular complexity index is 143. The number of hydrogen-bond donors (Lipinski definition) is 0. The van der Waals surface area contributed by atoms with E-state index in [1.807, 2.05) is 0 Å². The molecule has 0 aromatic carbocycles. The van der Waals surface area contributed by atoms with Gasteiger partial charge in [0.2, 0.25) is 0 Å². The Morgan fingerprint density at radius 1 is 1.50 bits per heavy atom. The first-order valence-electron chi connectivity index (χ1n) is 3.63. The molecule has 0 aromatic heterocycles. The van der Waals surface area contributed by atoms with E-state index in [0.29, 0.717) is 0 Å². The van der Waals surface area contributed by atoms with Crippen molar-refractivity contribution < 1.29 is 32.7 Å². The molecule has 0 fully saturated rings. The third kappa shape index (κ3) is 3.68. The minimum Gasteiger partial charge on any atom is -0.0805 e. The van der Waals surface area contributed by atoms with E-state index in [0.717, 1.165) is 5.92 Å². The maximum Gasteiger partial charge on any atom is 0 e. The van der Waals surface area contributed by atoms with Crippen molar-refractivity contribution in [2.75, 3.05) is 0 Å². The van der Waals surface area contributed by atoms with Gasteiger partial charge in [-0.05, 0) is 18.8 Å². The average molecular weight is 211 g/mol. The van der Waals surface area contributed by atoms with Crippen molar-refractivity contribution >= 4 is 0 Å². The summed E-state index contributed by atoms with van der Waals surface area (Å²) in [4.78, 5) is 0. The van der Waals surface area contributed by atoms with Crippen LogP contribution in [0.25, 0.3) is 0 Å². The zero-order chi connectivity index (χ0) is 6.69. The van der Waals surface area contributed by atoms with E-state index in [1.54, 1.807) is 5.57 Å². The van der Waals surface area contributed by atoms with Gasteiger partial charge in [0.25, 0.3) is 0 Å². The van der Waals surface area contributed by atoms with Gasteiger partial charge in [-0.15, -0.1) is 0 Å². The van der Waals surface area contributed by atoms with Crippen LogP contribution in [0.1, 0.15) is 26.7 Å². The summed E-state index contributed by atoms with van der Waals surface area (Å²) in [5, 5.41) is 0. The monoisotopic (exact) mass is 211 g/mol. The standard InChI is InChI=1S/C9H14.Y/c1-8(2)7-9-5-3-4-6-9;/h3-5,8H,6-7H2,1-2H3;. The summed E-state index contributed by atoms with van der Waals surface area (Å²) in [6.45, 7) is 4.53. The maximum absolute atomic E-state index is 2.26. The molecule has 1 rings (SSSR count). The predicted molar refractivity (Wildman–Crippen MR) is 41.3 cm³/mol. The van der Waals surface area contributed by atoms with E-state index in [1.165, 1.54) is 12.8 Å². The van der Waals surface area contributed by atoms with Crippen molar-refractivity contribution in [1.82, 2.24) is 0 Å². The minimum atomic E-state index is 0. The van der Waals surface area contributed by atoms with Crippen LogP contribution in [-0.4, -0.2) is 0 Å². The summed E-state index contributed by atoms with van der Waals surface area (Å²) in [6.07, 6.45) is 9.07. The topological polar surface area (TPSA) is 0 Å². The average Bonchev–Trinajstić information content (AvgIpc) is 2.15. The van der Waals surface area contributed by atoms with E-state index in [9.17, 15) is 0 Å². The Labute approximate surface area is 88.7 Å². The maximum atomic E-state index is 2.26. The molecule has 0 bridgehead atoms. The van der Waals surface area contributed by atoms with E-state index in [2.05, 4.69) is 32.1 Å². The molecule has 1 radical (unpaired) electrons. The molecule has 0 spiro atoms. The number of rotatable bonds is 2. The van der Waals surface area contributed by atoms with Gasteiger partial charge in [-0.3, -0.25) is 0 Å². The minimum absolute atomic E-state index is 0. The van der Waals surface area contributed by atoms with E-state index in [4.69, 9.17) is 0 Å². The van der Waals surface area contributed by atoms with Crippen LogP contribution in [0.2, 0.25) is 0 Å². The van der Waals surface area contributed by atoms with Crippen LogP contribution in [-0.2, 0) is 32.7 Å². The van der Waals surface area contributed by atoms with Crippen molar-refractivity contribution in [3.63, 3.8) is 0 Å². The number of allylic oxidation sites excluding steroid dienone is 4. The molecule has 0 saturated heterocycles. The Hall–Kier alpha value is 0.584. The van der Waals surface area contributed by atoms with Gasteiger partial charge < -0.3 is 0 Å². The van der Waals surface area contributed by atoms with E-state index < -0.39 is 0 Å². The van der Waals surface area contributed by atoms with Crippen LogP contribution in [0.4, 0.5) is 0 Å². The first-order chi connectivity index (χ1) is 4.29. The second-order valence-electron chi connectivity index (χ2n) is 3.06. The van der Waals surface area contributed by atoms with Crippen LogP contribution in [0.15, 0.2) is 23.8 Å². The molecule has 0 aromatic rings. The van der Waals surface area contributed by atoms with Crippen LogP contribution < -0.4 is 0 Å². The van der Waals surface area contributed by atoms with E-state index in [-0.39, 0.29) is 32.7 Å². The second-order valence-corrected chi connectivity index (χ2v) is 3.06. The van der Waals surface area contributed by atoms with Crippen LogP contribution in [0, 0.1) is 5.92 Å². The Kier molecular flexibility index (Phi) is 5.57. The van der Waals surface area contributed by atoms with Crippen molar-refractivity contribution in [1.29, 1.82) is 0 Å². The van der Waals surface area contributed by atoms with Gasteiger partial charge in [0.15, 0.2) is 0 Å². The fraction of sp³-hybridized carbons (Fsp3) is 0.556. The molecule has 10 heavy (non-hydrogen) atoms. The fourth-order valence-electron chi connectivity index (χ4n) is 1.17. The molecule has 0 N–H and O–H groups in total. The van der Waals surface area contributed by atoms with Crippen molar-refractivity contribution in [2.45, 2.75) is 26.7 Å². The van der Waals surface area contributed by atoms with Gasteiger partial charge in [-0.1, -0.05) is 37.6 Å². The van der Waals surface area contributed by atoms with Gasteiger partial charge >= 0.3 is 0 Å². The predicted octanol–water partition coefficient (Wildman–Crippen LogP) is 2.92. The summed E-state index contributed by atoms with van der Waals surface area (Å²) in [5.74, 6) is 0.816. The summed E-state index contributed by atoms with van der Waals surface area (Å²) >= 11 is 0. The largest absolute Gasteiger partial charge is 0.0805 e. The second kappa shape index (κ2) is 5.26. The Morgan fingerprint density at radius 3 is 2.60 bits per heavy atom. The van der Waals surface area contributed by atoms with Crippen LogP contribution >= 0.6 is 0 Å². The molecular formula is C9H14Y. The summed E-state index contributed by atoms with van der Waals surface area (Å²) < 4.78 is 0. The van der Waals surface area contributed by atoms with Crippen molar-refractivity contribution in [3.05, 3.63) is 23.8 Å². The molecule has 1 heteroatoms. The quantitative estimate of drug-likeness (QED) is 0.658. The molecule has 1 aliphatic carbocycles. The molecule has 0 saturated carbocycles. The van der Waals surface area contributed by atoms with Gasteiger partial charge in [-0.25, -0.2) is 0 Å². The molecule has 0 aliphatic heterocycles. The summed E-state index contributed by atoms with van der Waals surface area (Å²) in [5.41, 5.74) is 1.59. The summed E-state index contributed by atoms with van der Waals surface area (Å²) in [7, 11) is 0. The molecule has 0 nitrogen and oxygen atoms in total. The van der Waals surface area contributed by atoms with Gasteiger partial charge in [0, 0.05) is 32.7 Å². The molecule has 1 aliphatic rings. The van der Waals surface area contributed by atoms with E-state index >= 15 is 0 Å². The first-order valence-corrected chi connectivity index (χ1v) is 3.63. The third-order valence-corrected chi connectivity index (χ3v) is 1.52. The van der Waals surface area contributed by atoms with Crippen LogP contribution in [0.5, 0.6) is 0 Å². The van der Waals surface area contributed by atoms with Gasteiger partial charge in [0.1, 0.15) is 0 Å². The van der Waals surface area contributed by atoms with Crippen molar-refractivity contribution in [3.8, 4) is 0 Å². The Balaban J connectivity index is 0.000000810. The SMILES string of the molecule is CC(C)CC1=CC=CC1.[Y].